The topological polar surface area (TPSA) is 51.8 Å². The van der Waals surface area contributed by atoms with Gasteiger partial charge in [-0.15, -0.1) is 12.4 Å². The maximum absolute atomic E-state index is 12.2. The van der Waals surface area contributed by atoms with Crippen molar-refractivity contribution in [2.24, 2.45) is 5.73 Å². The first kappa shape index (κ1) is 10.3. The standard InChI is InChI=1S/C6H8FN3.ClH/c1-4(8)6-9-2-5(7)3-10-6;/h2-4H,8H2,1H3;1H/t4-;/m1./s1. The minimum absolute atomic E-state index is 0. The van der Waals surface area contributed by atoms with Gasteiger partial charge in [-0.1, -0.05) is 0 Å². The van der Waals surface area contributed by atoms with Gasteiger partial charge in [-0.3, -0.25) is 0 Å². The number of nitrogens with zero attached hydrogens (tertiary/aromatic N) is 2. The smallest absolute Gasteiger partial charge is 0.159 e. The minimum Gasteiger partial charge on any atom is -0.322 e. The predicted octanol–water partition coefficient (Wildman–Crippen LogP) is 1.06. The summed E-state index contributed by atoms with van der Waals surface area (Å²) >= 11 is 0. The number of hydrogen-bond donors (Lipinski definition) is 1. The lowest BCUT2D eigenvalue weighted by Crippen LogP contribution is -2.09. The number of halogens is 2. The Morgan fingerprint density at radius 3 is 2.27 bits per heavy atom. The summed E-state index contributed by atoms with van der Waals surface area (Å²) in [4.78, 5) is 7.33. The molecule has 2 N–H and O–H groups in total. The zero-order valence-corrected chi connectivity index (χ0v) is 6.81. The van der Waals surface area contributed by atoms with E-state index in [1.807, 2.05) is 0 Å². The Hall–Kier alpha value is -0.740. The van der Waals surface area contributed by atoms with Crippen LogP contribution < -0.4 is 5.73 Å². The second-order valence-corrected chi connectivity index (χ2v) is 2.05. The molecule has 62 valence electrons. The average molecular weight is 178 g/mol. The van der Waals surface area contributed by atoms with Gasteiger partial charge >= 0.3 is 0 Å². The second-order valence-electron chi connectivity index (χ2n) is 2.05. The first-order valence-electron chi connectivity index (χ1n) is 2.93. The van der Waals surface area contributed by atoms with Crippen molar-refractivity contribution in [1.82, 2.24) is 9.97 Å². The van der Waals surface area contributed by atoms with E-state index in [4.69, 9.17) is 5.73 Å². The molecule has 0 aromatic carbocycles. The fourth-order valence-corrected chi connectivity index (χ4v) is 0.557. The molecule has 0 aliphatic rings. The van der Waals surface area contributed by atoms with E-state index in [1.54, 1.807) is 6.92 Å². The van der Waals surface area contributed by atoms with Crippen molar-refractivity contribution in [1.29, 1.82) is 0 Å². The Labute approximate surface area is 70.3 Å². The van der Waals surface area contributed by atoms with E-state index in [1.165, 1.54) is 0 Å². The van der Waals surface area contributed by atoms with Crippen LogP contribution in [0, 0.1) is 5.82 Å². The molecule has 0 fully saturated rings. The first-order valence-corrected chi connectivity index (χ1v) is 2.93. The van der Waals surface area contributed by atoms with Crippen LogP contribution in [0.4, 0.5) is 4.39 Å². The SMILES string of the molecule is C[C@@H](N)c1ncc(F)cn1.Cl. The van der Waals surface area contributed by atoms with E-state index < -0.39 is 5.82 Å². The van der Waals surface area contributed by atoms with Gasteiger partial charge < -0.3 is 5.73 Å². The van der Waals surface area contributed by atoms with Crippen molar-refractivity contribution in [3.05, 3.63) is 24.0 Å². The number of aromatic nitrogens is 2. The summed E-state index contributed by atoms with van der Waals surface area (Å²) in [6.45, 7) is 1.74. The monoisotopic (exact) mass is 177 g/mol. The molecule has 3 nitrogen and oxygen atoms in total. The normalized spacial score (nSPS) is 11.9. The van der Waals surface area contributed by atoms with Crippen LogP contribution in [-0.2, 0) is 0 Å². The molecule has 0 bridgehead atoms. The van der Waals surface area contributed by atoms with E-state index in [0.29, 0.717) is 5.82 Å². The molecule has 0 aliphatic carbocycles. The van der Waals surface area contributed by atoms with Crippen molar-refractivity contribution in [2.75, 3.05) is 0 Å². The third kappa shape index (κ3) is 2.78. The van der Waals surface area contributed by atoms with Crippen molar-refractivity contribution in [2.45, 2.75) is 13.0 Å². The average Bonchev–Trinajstić information content (AvgIpc) is 1.88. The molecule has 0 amide bonds. The summed E-state index contributed by atoms with van der Waals surface area (Å²) in [5.41, 5.74) is 5.42. The lowest BCUT2D eigenvalue weighted by molar-refractivity contribution is 0.602. The Balaban J connectivity index is 0.000001000. The van der Waals surface area contributed by atoms with Crippen LogP contribution in [0.5, 0.6) is 0 Å². The summed E-state index contributed by atoms with van der Waals surface area (Å²) in [5.74, 6) is 0.0193. The molecule has 0 unspecified atom stereocenters. The summed E-state index contributed by atoms with van der Waals surface area (Å²) < 4.78 is 12.2. The van der Waals surface area contributed by atoms with Crippen molar-refractivity contribution < 1.29 is 4.39 Å². The number of hydrogen-bond acceptors (Lipinski definition) is 3. The van der Waals surface area contributed by atoms with Crippen LogP contribution in [0.15, 0.2) is 12.4 Å². The van der Waals surface area contributed by atoms with Crippen LogP contribution in [-0.4, -0.2) is 9.97 Å². The van der Waals surface area contributed by atoms with Crippen molar-refractivity contribution >= 4 is 12.4 Å². The highest BCUT2D eigenvalue weighted by molar-refractivity contribution is 5.85. The predicted molar refractivity (Wildman–Crippen MR) is 41.8 cm³/mol. The molecule has 0 aliphatic heterocycles. The molecule has 1 rings (SSSR count). The maximum Gasteiger partial charge on any atom is 0.159 e. The fraction of sp³-hybridized carbons (Fsp3) is 0.333. The van der Waals surface area contributed by atoms with Gasteiger partial charge in [0.25, 0.3) is 0 Å². The maximum atomic E-state index is 12.2. The third-order valence-electron chi connectivity index (χ3n) is 1.05. The third-order valence-corrected chi connectivity index (χ3v) is 1.05. The summed E-state index contributed by atoms with van der Waals surface area (Å²) in [7, 11) is 0. The Bertz CT molecular complexity index is 212. The zero-order chi connectivity index (χ0) is 7.56. The van der Waals surface area contributed by atoms with E-state index in [9.17, 15) is 4.39 Å². The Morgan fingerprint density at radius 1 is 1.45 bits per heavy atom. The van der Waals surface area contributed by atoms with E-state index >= 15 is 0 Å². The van der Waals surface area contributed by atoms with Crippen molar-refractivity contribution in [3.63, 3.8) is 0 Å². The van der Waals surface area contributed by atoms with Gasteiger partial charge in [0, 0.05) is 0 Å². The zero-order valence-electron chi connectivity index (χ0n) is 5.99. The fourth-order valence-electron chi connectivity index (χ4n) is 0.557. The van der Waals surface area contributed by atoms with E-state index in [2.05, 4.69) is 9.97 Å². The molecule has 11 heavy (non-hydrogen) atoms. The summed E-state index contributed by atoms with van der Waals surface area (Å²) in [6, 6.07) is -0.236. The van der Waals surface area contributed by atoms with Crippen LogP contribution in [0.3, 0.4) is 0 Å². The van der Waals surface area contributed by atoms with Crippen LogP contribution in [0.2, 0.25) is 0 Å². The molecular weight excluding hydrogens is 169 g/mol. The lowest BCUT2D eigenvalue weighted by atomic mass is 10.3. The van der Waals surface area contributed by atoms with Gasteiger partial charge in [-0.25, -0.2) is 14.4 Å². The van der Waals surface area contributed by atoms with Gasteiger partial charge in [-0.2, -0.15) is 0 Å². The highest BCUT2D eigenvalue weighted by Crippen LogP contribution is 2.00. The van der Waals surface area contributed by atoms with Crippen LogP contribution >= 0.6 is 12.4 Å². The van der Waals surface area contributed by atoms with Gasteiger partial charge in [0.2, 0.25) is 0 Å². The number of rotatable bonds is 1. The molecule has 5 heteroatoms. The lowest BCUT2D eigenvalue weighted by Gasteiger charge is -2.00. The Morgan fingerprint density at radius 2 is 1.91 bits per heavy atom. The van der Waals surface area contributed by atoms with Crippen LogP contribution in [0.1, 0.15) is 18.8 Å². The molecule has 1 aromatic rings. The molecule has 1 heterocycles. The highest BCUT2D eigenvalue weighted by atomic mass is 35.5. The summed E-state index contributed by atoms with van der Waals surface area (Å²) in [5, 5.41) is 0. The summed E-state index contributed by atoms with van der Waals surface area (Å²) in [6.07, 6.45) is 2.21. The van der Waals surface area contributed by atoms with Gasteiger partial charge in [0.1, 0.15) is 5.82 Å². The molecule has 0 saturated heterocycles. The second kappa shape index (κ2) is 4.20. The molecular formula is C6H9ClFN3. The van der Waals surface area contributed by atoms with Crippen molar-refractivity contribution in [3.8, 4) is 0 Å². The highest BCUT2D eigenvalue weighted by Gasteiger charge is 2.00. The molecule has 1 atom stereocenters. The van der Waals surface area contributed by atoms with Crippen LogP contribution in [0.25, 0.3) is 0 Å². The Kier molecular flexibility index (Phi) is 3.92. The largest absolute Gasteiger partial charge is 0.322 e. The van der Waals surface area contributed by atoms with E-state index in [0.717, 1.165) is 12.4 Å². The molecule has 0 radical (unpaired) electrons. The number of nitrogens with two attached hydrogens (primary N) is 1. The molecule has 0 spiro atoms. The molecule has 0 saturated carbocycles. The molecule has 1 aromatic heterocycles. The van der Waals surface area contributed by atoms with Gasteiger partial charge in [-0.05, 0) is 6.92 Å². The minimum atomic E-state index is -0.440. The quantitative estimate of drug-likeness (QED) is 0.698. The van der Waals surface area contributed by atoms with Gasteiger partial charge in [0.15, 0.2) is 5.82 Å². The first-order chi connectivity index (χ1) is 4.70. The van der Waals surface area contributed by atoms with E-state index in [-0.39, 0.29) is 18.4 Å². The van der Waals surface area contributed by atoms with Gasteiger partial charge in [0.05, 0.1) is 18.4 Å².